The molecule has 0 aliphatic rings. The second-order valence-corrected chi connectivity index (χ2v) is 38.5. The van der Waals surface area contributed by atoms with Gasteiger partial charge in [-0.15, -0.1) is 0 Å². The molecular formula is C144H90O3. The van der Waals surface area contributed by atoms with E-state index < -0.39 is 0 Å². The number of hydrogen-bond acceptors (Lipinski definition) is 3. The Morgan fingerprint density at radius 3 is 0.741 bits per heavy atom. The van der Waals surface area contributed by atoms with Crippen LogP contribution < -0.4 is 0 Å². The molecule has 0 spiro atoms. The van der Waals surface area contributed by atoms with Gasteiger partial charge in [0, 0.05) is 32.3 Å². The molecule has 0 saturated heterocycles. The third kappa shape index (κ3) is 15.0. The molecule has 30 aromatic rings. The molecule has 0 amide bonds. The minimum absolute atomic E-state index is 0.909. The molecule has 0 unspecified atom stereocenters. The van der Waals surface area contributed by atoms with Crippen LogP contribution in [-0.2, 0) is 0 Å². The lowest BCUT2D eigenvalue weighted by atomic mass is 9.82. The molecule has 3 aromatic heterocycles. The molecule has 3 nitrogen and oxygen atoms in total. The zero-order valence-corrected chi connectivity index (χ0v) is 80.2. The second kappa shape index (κ2) is 36.0. The summed E-state index contributed by atoms with van der Waals surface area (Å²) in [5.41, 5.74) is 34.8. The Bertz CT molecular complexity index is 10300. The lowest BCUT2D eigenvalue weighted by Crippen LogP contribution is -1.94. The van der Waals surface area contributed by atoms with E-state index in [1.165, 1.54) is 214 Å². The molecular weight excluding hydrogens is 1780 g/mol. The topological polar surface area (TPSA) is 39.4 Å². The summed E-state index contributed by atoms with van der Waals surface area (Å²) in [5.74, 6) is 0. The van der Waals surface area contributed by atoms with Gasteiger partial charge in [-0.3, -0.25) is 0 Å². The first-order valence-electron chi connectivity index (χ1n) is 50.5. The van der Waals surface area contributed by atoms with Crippen molar-refractivity contribution in [2.75, 3.05) is 0 Å². The van der Waals surface area contributed by atoms with Crippen LogP contribution in [0.4, 0.5) is 0 Å². The van der Waals surface area contributed by atoms with E-state index in [0.717, 1.165) is 82.5 Å². The summed E-state index contributed by atoms with van der Waals surface area (Å²) in [7, 11) is 0. The van der Waals surface area contributed by atoms with Crippen LogP contribution in [0.15, 0.2) is 559 Å². The fourth-order valence-corrected chi connectivity index (χ4v) is 23.4. The van der Waals surface area contributed by atoms with Crippen molar-refractivity contribution in [1.82, 2.24) is 0 Å². The number of benzene rings is 27. The van der Waals surface area contributed by atoms with Crippen molar-refractivity contribution in [2.24, 2.45) is 0 Å². The average molecular weight is 1870 g/mol. The summed E-state index contributed by atoms with van der Waals surface area (Å²) in [6.45, 7) is 0. The van der Waals surface area contributed by atoms with Crippen molar-refractivity contribution in [2.45, 2.75) is 0 Å². The zero-order chi connectivity index (χ0) is 96.9. The molecule has 0 saturated carbocycles. The van der Waals surface area contributed by atoms with E-state index in [4.69, 9.17) is 13.3 Å². The van der Waals surface area contributed by atoms with Crippen LogP contribution >= 0.6 is 0 Å². The lowest BCUT2D eigenvalue weighted by Gasteiger charge is -2.21. The Balaban J connectivity index is 0.000000107. The first-order chi connectivity index (χ1) is 72.9. The van der Waals surface area contributed by atoms with E-state index in [0.29, 0.717) is 0 Å². The molecule has 684 valence electrons. The molecule has 0 radical (unpaired) electrons. The van der Waals surface area contributed by atoms with Crippen LogP contribution in [0.25, 0.3) is 296 Å². The van der Waals surface area contributed by atoms with Crippen molar-refractivity contribution < 1.29 is 13.3 Å². The van der Waals surface area contributed by atoms with E-state index in [-0.39, 0.29) is 0 Å². The van der Waals surface area contributed by atoms with E-state index in [2.05, 4.69) is 510 Å². The minimum Gasteiger partial charge on any atom is -0.456 e. The Labute approximate surface area is 849 Å². The smallest absolute Gasteiger partial charge is 0.136 e. The monoisotopic (exact) mass is 1870 g/mol. The quantitative estimate of drug-likeness (QED) is 0.114. The molecule has 0 aliphatic heterocycles. The third-order valence-electron chi connectivity index (χ3n) is 30.2. The highest BCUT2D eigenvalue weighted by Crippen LogP contribution is 2.54. The fraction of sp³-hybridized carbons (Fsp3) is 0. The molecule has 0 aliphatic carbocycles. The molecule has 30 rings (SSSR count). The van der Waals surface area contributed by atoms with Gasteiger partial charge in [-0.1, -0.05) is 473 Å². The molecule has 0 bridgehead atoms. The molecule has 0 N–H and O–H groups in total. The van der Waals surface area contributed by atoms with Gasteiger partial charge < -0.3 is 13.3 Å². The minimum atomic E-state index is 0.909. The number of rotatable bonds is 12. The zero-order valence-electron chi connectivity index (χ0n) is 80.2. The van der Waals surface area contributed by atoms with Gasteiger partial charge in [0.2, 0.25) is 0 Å². The van der Waals surface area contributed by atoms with Crippen LogP contribution in [-0.4, -0.2) is 0 Å². The van der Waals surface area contributed by atoms with Crippen molar-refractivity contribution in [3.05, 3.63) is 546 Å². The van der Waals surface area contributed by atoms with E-state index in [1.807, 2.05) is 36.4 Å². The molecule has 3 heteroatoms. The normalized spacial score (nSPS) is 11.7. The molecule has 0 fully saturated rings. The Kier molecular flexibility index (Phi) is 21.0. The number of fused-ring (bicyclic) bond motifs is 18. The highest BCUT2D eigenvalue weighted by molar-refractivity contribution is 6.29. The number of para-hydroxylation sites is 3. The van der Waals surface area contributed by atoms with E-state index >= 15 is 0 Å². The highest BCUT2D eigenvalue weighted by Gasteiger charge is 2.27. The van der Waals surface area contributed by atoms with Gasteiger partial charge in [-0.25, -0.2) is 0 Å². The first-order valence-corrected chi connectivity index (χ1v) is 50.5. The molecule has 3 heterocycles. The van der Waals surface area contributed by atoms with Crippen LogP contribution in [0.1, 0.15) is 0 Å². The van der Waals surface area contributed by atoms with Gasteiger partial charge >= 0.3 is 0 Å². The second-order valence-electron chi connectivity index (χ2n) is 38.5. The lowest BCUT2D eigenvalue weighted by molar-refractivity contribution is 0.668. The summed E-state index contributed by atoms with van der Waals surface area (Å²) in [4.78, 5) is 0. The number of furan rings is 3. The van der Waals surface area contributed by atoms with Crippen LogP contribution in [0, 0.1) is 0 Å². The Morgan fingerprint density at radius 2 is 0.347 bits per heavy atom. The van der Waals surface area contributed by atoms with E-state index in [9.17, 15) is 0 Å². The van der Waals surface area contributed by atoms with Crippen molar-refractivity contribution >= 4 is 163 Å². The maximum Gasteiger partial charge on any atom is 0.136 e. The highest BCUT2D eigenvalue weighted by atomic mass is 16.3. The van der Waals surface area contributed by atoms with Crippen molar-refractivity contribution in [3.63, 3.8) is 0 Å². The maximum atomic E-state index is 6.38. The first kappa shape index (κ1) is 85.6. The van der Waals surface area contributed by atoms with Crippen LogP contribution in [0.3, 0.4) is 0 Å². The molecule has 27 aromatic carbocycles. The summed E-state index contributed by atoms with van der Waals surface area (Å²) < 4.78 is 19.1. The molecule has 147 heavy (non-hydrogen) atoms. The molecule has 0 atom stereocenters. The predicted molar refractivity (Wildman–Crippen MR) is 624 cm³/mol. The van der Waals surface area contributed by atoms with Crippen LogP contribution in [0.5, 0.6) is 0 Å². The summed E-state index contributed by atoms with van der Waals surface area (Å²) in [5, 5.41) is 29.1. The van der Waals surface area contributed by atoms with Gasteiger partial charge in [0.25, 0.3) is 0 Å². The average Bonchev–Trinajstić information content (AvgIpc) is 1.45. The Hall–Kier alpha value is -19.3. The third-order valence-corrected chi connectivity index (χ3v) is 30.2. The van der Waals surface area contributed by atoms with Gasteiger partial charge in [0.15, 0.2) is 0 Å². The van der Waals surface area contributed by atoms with Crippen LogP contribution in [0.2, 0.25) is 0 Å². The van der Waals surface area contributed by atoms with Gasteiger partial charge in [-0.2, -0.15) is 0 Å². The Morgan fingerprint density at radius 1 is 0.0884 bits per heavy atom. The van der Waals surface area contributed by atoms with Gasteiger partial charge in [0.1, 0.15) is 33.5 Å². The van der Waals surface area contributed by atoms with Gasteiger partial charge in [-0.05, 0) is 303 Å². The standard InChI is InChI=1S/3C48H30O/c1-2-11-31(12-3-1)32-21-23-33(24-22-32)35-26-25-34-13-10-19-43(44(34)29-35)48-41-17-6-4-15-39(41)47(40-16-5-7-18-42(40)48)36-27-28-38-37-14-8-9-20-45(37)49-46(38)30-36;1-2-12-31(13-3-1)32-22-24-34(25-23-32)37-28-26-33-14-4-5-15-36(33)47(37)48-42-19-8-6-17-40(42)46(41-18-7-9-20-43(41)48)35-27-29-39-38-16-10-11-21-44(38)49-45(39)30-35;1-2-12-31(13-3-1)32-22-24-33(25-23-32)36-28-34-14-4-5-15-37(34)44(29-36)48-42-19-8-6-17-40(42)47(41-18-7-9-20-43(41)48)35-26-27-39-38-16-10-11-21-45(38)49-46(39)30-35/h3*1-30H. The number of hydrogen-bond donors (Lipinski definition) is 0. The van der Waals surface area contributed by atoms with Crippen molar-refractivity contribution in [1.29, 1.82) is 0 Å². The van der Waals surface area contributed by atoms with Crippen molar-refractivity contribution in [3.8, 4) is 134 Å². The summed E-state index contributed by atoms with van der Waals surface area (Å²) in [6, 6.07) is 197. The predicted octanol–water partition coefficient (Wildman–Crippen LogP) is 41.1. The summed E-state index contributed by atoms with van der Waals surface area (Å²) in [6.07, 6.45) is 0. The van der Waals surface area contributed by atoms with Gasteiger partial charge in [0.05, 0.1) is 0 Å². The summed E-state index contributed by atoms with van der Waals surface area (Å²) >= 11 is 0. The largest absolute Gasteiger partial charge is 0.456 e. The fourth-order valence-electron chi connectivity index (χ4n) is 23.4. The SMILES string of the molecule is c1ccc(-c2ccc(-c3cc(-c4c5ccccc5c(-c5ccc6c(c5)oc5ccccc56)c5ccccc45)c4ccccc4c3)cc2)cc1.c1ccc(-c2ccc(-c3ccc4cccc(-c5c6ccccc6c(-c6ccc7c(c6)oc6ccccc67)c6ccccc56)c4c3)cc2)cc1.c1ccc(-c2ccc(-c3ccc4ccccc4c3-c3c4ccccc4c(-c4ccc5c(c4)oc4ccccc45)c4ccccc34)cc2)cc1. The maximum absolute atomic E-state index is 6.38. The van der Waals surface area contributed by atoms with E-state index in [1.54, 1.807) is 0 Å².